The Kier molecular flexibility index (Phi) is 6.27. The lowest BCUT2D eigenvalue weighted by Crippen LogP contribution is -2.39. The van der Waals surface area contributed by atoms with Gasteiger partial charge >= 0.3 is 11.8 Å². The van der Waals surface area contributed by atoms with E-state index in [4.69, 9.17) is 0 Å². The summed E-state index contributed by atoms with van der Waals surface area (Å²) < 4.78 is 15.8. The fourth-order valence-corrected chi connectivity index (χ4v) is 2.51. The van der Waals surface area contributed by atoms with Crippen LogP contribution in [-0.4, -0.2) is 29.1 Å². The molecule has 0 bridgehead atoms. The normalized spacial score (nSPS) is 11.2. The van der Waals surface area contributed by atoms with Crippen LogP contribution >= 0.6 is 0 Å². The molecule has 0 unspecified atom stereocenters. The van der Waals surface area contributed by atoms with Crippen LogP contribution in [0.1, 0.15) is 30.8 Å². The quantitative estimate of drug-likeness (QED) is 0.489. The molecule has 2 amide bonds. The van der Waals surface area contributed by atoms with Crippen molar-refractivity contribution >= 4 is 18.0 Å². The molecule has 0 spiro atoms. The highest BCUT2D eigenvalue weighted by Gasteiger charge is 2.14. The van der Waals surface area contributed by atoms with Crippen molar-refractivity contribution in [2.45, 2.75) is 27.7 Å². The Labute approximate surface area is 152 Å². The Morgan fingerprint density at radius 2 is 1.92 bits per heavy atom. The SMILES string of the molecule is Cc1cc(/C=N\NC(=O)C(=O)NCC(C)C)c(C)n1-c1ccccc1F. The lowest BCUT2D eigenvalue weighted by atomic mass is 10.2. The van der Waals surface area contributed by atoms with Gasteiger partial charge in [0.05, 0.1) is 11.9 Å². The van der Waals surface area contributed by atoms with Crippen molar-refractivity contribution in [1.29, 1.82) is 0 Å². The number of amides is 2. The van der Waals surface area contributed by atoms with Gasteiger partial charge in [-0.3, -0.25) is 9.59 Å². The van der Waals surface area contributed by atoms with Gasteiger partial charge in [-0.1, -0.05) is 26.0 Å². The number of aromatic nitrogens is 1. The van der Waals surface area contributed by atoms with Gasteiger partial charge in [0, 0.05) is 23.5 Å². The number of rotatable bonds is 5. The highest BCUT2D eigenvalue weighted by molar-refractivity contribution is 6.35. The molecule has 2 aromatic rings. The predicted molar refractivity (Wildman–Crippen MR) is 98.8 cm³/mol. The zero-order valence-corrected chi connectivity index (χ0v) is 15.3. The molecule has 1 aromatic carbocycles. The number of nitrogens with one attached hydrogen (secondary N) is 2. The van der Waals surface area contributed by atoms with Crippen LogP contribution in [-0.2, 0) is 9.59 Å². The maximum atomic E-state index is 14.1. The van der Waals surface area contributed by atoms with Crippen LogP contribution in [0.3, 0.4) is 0 Å². The van der Waals surface area contributed by atoms with Crippen molar-refractivity contribution in [2.75, 3.05) is 6.54 Å². The molecule has 0 fully saturated rings. The van der Waals surface area contributed by atoms with E-state index in [0.717, 1.165) is 11.4 Å². The van der Waals surface area contributed by atoms with Crippen molar-refractivity contribution in [3.8, 4) is 5.69 Å². The maximum absolute atomic E-state index is 14.1. The molecule has 1 aromatic heterocycles. The van der Waals surface area contributed by atoms with Gasteiger partial charge in [0.25, 0.3) is 0 Å². The Hall–Kier alpha value is -2.96. The summed E-state index contributed by atoms with van der Waals surface area (Å²) >= 11 is 0. The Morgan fingerprint density at radius 3 is 2.58 bits per heavy atom. The van der Waals surface area contributed by atoms with Gasteiger partial charge in [0.1, 0.15) is 5.82 Å². The molecule has 0 atom stereocenters. The van der Waals surface area contributed by atoms with Crippen molar-refractivity contribution < 1.29 is 14.0 Å². The van der Waals surface area contributed by atoms with E-state index in [1.165, 1.54) is 12.3 Å². The molecule has 0 saturated heterocycles. The van der Waals surface area contributed by atoms with Crippen LogP contribution in [0.2, 0.25) is 0 Å². The molecule has 6 nitrogen and oxygen atoms in total. The van der Waals surface area contributed by atoms with Crippen molar-refractivity contribution in [2.24, 2.45) is 11.0 Å². The summed E-state index contributed by atoms with van der Waals surface area (Å²) in [6.45, 7) is 7.97. The van der Waals surface area contributed by atoms with E-state index in [9.17, 15) is 14.0 Å². The van der Waals surface area contributed by atoms with E-state index >= 15 is 0 Å². The summed E-state index contributed by atoms with van der Waals surface area (Å²) in [5.74, 6) is -1.63. The smallest absolute Gasteiger partial charge is 0.329 e. The minimum Gasteiger partial charge on any atom is -0.348 e. The van der Waals surface area contributed by atoms with E-state index in [2.05, 4.69) is 15.8 Å². The predicted octanol–water partition coefficient (Wildman–Crippen LogP) is 2.46. The molecule has 26 heavy (non-hydrogen) atoms. The van der Waals surface area contributed by atoms with Gasteiger partial charge in [-0.2, -0.15) is 5.10 Å². The number of halogens is 1. The second kappa shape index (κ2) is 8.42. The fraction of sp³-hybridized carbons (Fsp3) is 0.316. The molecule has 138 valence electrons. The summed E-state index contributed by atoms with van der Waals surface area (Å²) in [7, 11) is 0. The van der Waals surface area contributed by atoms with E-state index in [1.54, 1.807) is 22.8 Å². The molecule has 0 aliphatic rings. The molecule has 2 N–H and O–H groups in total. The summed E-state index contributed by atoms with van der Waals surface area (Å²) in [5, 5.41) is 6.34. The number of aryl methyl sites for hydroxylation is 1. The number of benzene rings is 1. The Morgan fingerprint density at radius 1 is 1.23 bits per heavy atom. The molecule has 0 aliphatic heterocycles. The number of para-hydroxylation sites is 1. The highest BCUT2D eigenvalue weighted by Crippen LogP contribution is 2.21. The summed E-state index contributed by atoms with van der Waals surface area (Å²) in [6.07, 6.45) is 1.44. The summed E-state index contributed by atoms with van der Waals surface area (Å²) in [6, 6.07) is 8.32. The van der Waals surface area contributed by atoms with Crippen LogP contribution in [0.25, 0.3) is 5.69 Å². The largest absolute Gasteiger partial charge is 0.348 e. The molecule has 7 heteroatoms. The van der Waals surface area contributed by atoms with E-state index in [-0.39, 0.29) is 11.7 Å². The van der Waals surface area contributed by atoms with Crippen molar-refractivity contribution in [3.05, 3.63) is 53.1 Å². The molecule has 1 heterocycles. The van der Waals surface area contributed by atoms with Gasteiger partial charge in [-0.15, -0.1) is 0 Å². The van der Waals surface area contributed by atoms with E-state index in [0.29, 0.717) is 17.8 Å². The number of carbonyl (C=O) groups excluding carboxylic acids is 2. The monoisotopic (exact) mass is 358 g/mol. The first-order valence-corrected chi connectivity index (χ1v) is 8.36. The third-order valence-corrected chi connectivity index (χ3v) is 3.81. The Balaban J connectivity index is 2.10. The van der Waals surface area contributed by atoms with Gasteiger partial charge < -0.3 is 9.88 Å². The van der Waals surface area contributed by atoms with Crippen LogP contribution < -0.4 is 10.7 Å². The van der Waals surface area contributed by atoms with Crippen LogP contribution in [0.4, 0.5) is 4.39 Å². The number of hydrogen-bond donors (Lipinski definition) is 2. The minimum absolute atomic E-state index is 0.249. The molecule has 2 rings (SSSR count). The average Bonchev–Trinajstić information content (AvgIpc) is 2.87. The third-order valence-electron chi connectivity index (χ3n) is 3.81. The average molecular weight is 358 g/mol. The first-order chi connectivity index (χ1) is 12.3. The van der Waals surface area contributed by atoms with Crippen LogP contribution in [0.5, 0.6) is 0 Å². The van der Waals surface area contributed by atoms with Crippen LogP contribution in [0, 0.1) is 25.6 Å². The number of hydrazone groups is 1. The maximum Gasteiger partial charge on any atom is 0.329 e. The lowest BCUT2D eigenvalue weighted by molar-refractivity contribution is -0.139. The molecular formula is C19H23FN4O2. The molecular weight excluding hydrogens is 335 g/mol. The van der Waals surface area contributed by atoms with Gasteiger partial charge in [-0.05, 0) is 38.0 Å². The zero-order chi connectivity index (χ0) is 19.3. The lowest BCUT2D eigenvalue weighted by Gasteiger charge is -2.10. The number of nitrogens with zero attached hydrogens (tertiary/aromatic N) is 2. The summed E-state index contributed by atoms with van der Waals surface area (Å²) in [5.41, 5.74) is 4.96. The van der Waals surface area contributed by atoms with Gasteiger partial charge in [0.2, 0.25) is 0 Å². The first-order valence-electron chi connectivity index (χ1n) is 8.36. The number of hydrogen-bond acceptors (Lipinski definition) is 3. The second-order valence-electron chi connectivity index (χ2n) is 6.42. The van der Waals surface area contributed by atoms with Gasteiger partial charge in [0.15, 0.2) is 0 Å². The highest BCUT2D eigenvalue weighted by atomic mass is 19.1. The topological polar surface area (TPSA) is 75.5 Å². The Bertz CT molecular complexity index is 840. The third kappa shape index (κ3) is 4.56. The zero-order valence-electron chi connectivity index (χ0n) is 15.3. The molecule has 0 aliphatic carbocycles. The van der Waals surface area contributed by atoms with Crippen LogP contribution in [0.15, 0.2) is 35.4 Å². The second-order valence-corrected chi connectivity index (χ2v) is 6.42. The fourth-order valence-electron chi connectivity index (χ4n) is 2.51. The number of carbonyl (C=O) groups is 2. The van der Waals surface area contributed by atoms with Gasteiger partial charge in [-0.25, -0.2) is 9.82 Å². The minimum atomic E-state index is -0.829. The molecule has 0 radical (unpaired) electrons. The van der Waals surface area contributed by atoms with E-state index < -0.39 is 11.8 Å². The standard InChI is InChI=1S/C19H23FN4O2/c1-12(2)10-21-18(25)19(26)23-22-11-15-9-13(3)24(14(15)4)17-8-6-5-7-16(17)20/h5-9,11-12H,10H2,1-4H3,(H,21,25)(H,23,26)/b22-11-. The van der Waals surface area contributed by atoms with Crippen molar-refractivity contribution in [3.63, 3.8) is 0 Å². The first kappa shape index (κ1) is 19.4. The summed E-state index contributed by atoms with van der Waals surface area (Å²) in [4.78, 5) is 23.3. The van der Waals surface area contributed by atoms with Crippen molar-refractivity contribution in [1.82, 2.24) is 15.3 Å². The van der Waals surface area contributed by atoms with E-state index in [1.807, 2.05) is 33.8 Å². The molecule has 0 saturated carbocycles.